The number of halogens is 1. The predicted molar refractivity (Wildman–Crippen MR) is 40.4 cm³/mol. The van der Waals surface area contributed by atoms with Gasteiger partial charge in [-0.15, -0.1) is 11.6 Å². The van der Waals surface area contributed by atoms with E-state index in [9.17, 15) is 0 Å². The van der Waals surface area contributed by atoms with E-state index < -0.39 is 0 Å². The zero-order valence-corrected chi connectivity index (χ0v) is 6.68. The summed E-state index contributed by atoms with van der Waals surface area (Å²) in [7, 11) is 0. The predicted octanol–water partition coefficient (Wildman–Crippen LogP) is 0.698. The summed E-state index contributed by atoms with van der Waals surface area (Å²) in [5, 5.41) is 0. The summed E-state index contributed by atoms with van der Waals surface area (Å²) in [6.45, 7) is 3.07. The molecule has 0 aromatic carbocycles. The van der Waals surface area contributed by atoms with Crippen molar-refractivity contribution in [2.45, 2.75) is 18.6 Å². The number of hydrogen-bond donors (Lipinski definition) is 0. The number of morpholine rings is 1. The topological polar surface area (TPSA) is 12.5 Å². The fraction of sp³-hybridized carbons (Fsp3) is 1.00. The Hall–Kier alpha value is 0.210. The molecule has 2 aliphatic rings. The summed E-state index contributed by atoms with van der Waals surface area (Å²) in [5.41, 5.74) is 0. The average Bonchev–Trinajstić information content (AvgIpc) is 2.48. The molecule has 2 fully saturated rings. The van der Waals surface area contributed by atoms with E-state index in [4.69, 9.17) is 16.3 Å². The fourth-order valence-corrected chi connectivity index (χ4v) is 2.08. The van der Waals surface area contributed by atoms with Crippen LogP contribution in [0.15, 0.2) is 0 Å². The van der Waals surface area contributed by atoms with Crippen molar-refractivity contribution in [2.75, 3.05) is 25.6 Å². The Labute approximate surface area is 66.1 Å². The minimum Gasteiger partial charge on any atom is -0.375 e. The lowest BCUT2D eigenvalue weighted by Gasteiger charge is -2.25. The highest BCUT2D eigenvalue weighted by Gasteiger charge is 2.38. The number of fused-ring (bicyclic) bond motifs is 2. The molecule has 2 nitrogen and oxygen atoms in total. The van der Waals surface area contributed by atoms with Gasteiger partial charge in [0.15, 0.2) is 0 Å². The van der Waals surface area contributed by atoms with E-state index in [2.05, 4.69) is 4.90 Å². The van der Waals surface area contributed by atoms with Crippen LogP contribution in [0.3, 0.4) is 0 Å². The Bertz CT molecular complexity index is 131. The standard InChI is InChI=1S/C7H12ClNO/c8-1-2-9-4-7-3-6(9)5-10-7/h6-7H,1-5H2/t6-,7-/m0/s1. The molecule has 0 N–H and O–H groups in total. The van der Waals surface area contributed by atoms with Crippen molar-refractivity contribution in [1.29, 1.82) is 0 Å². The molecule has 0 unspecified atom stereocenters. The Morgan fingerprint density at radius 3 is 3.00 bits per heavy atom. The average molecular weight is 162 g/mol. The lowest BCUT2D eigenvalue weighted by Crippen LogP contribution is -2.38. The van der Waals surface area contributed by atoms with Crippen LogP contribution >= 0.6 is 11.6 Å². The van der Waals surface area contributed by atoms with Gasteiger partial charge in [-0.3, -0.25) is 4.90 Å². The van der Waals surface area contributed by atoms with Crippen molar-refractivity contribution < 1.29 is 4.74 Å². The normalized spacial score (nSPS) is 39.3. The molecule has 2 saturated heterocycles. The van der Waals surface area contributed by atoms with Crippen LogP contribution in [0.25, 0.3) is 0 Å². The summed E-state index contributed by atoms with van der Waals surface area (Å²) in [5.74, 6) is 0.753. The zero-order valence-electron chi connectivity index (χ0n) is 5.92. The second-order valence-electron chi connectivity index (χ2n) is 3.03. The number of ether oxygens (including phenoxy) is 1. The fourth-order valence-electron chi connectivity index (χ4n) is 1.86. The molecule has 3 heteroatoms. The number of rotatable bonds is 2. The summed E-state index contributed by atoms with van der Waals surface area (Å²) >= 11 is 5.64. The molecule has 0 aromatic rings. The third-order valence-corrected chi connectivity index (χ3v) is 2.55. The van der Waals surface area contributed by atoms with Gasteiger partial charge in [0.1, 0.15) is 0 Å². The number of hydrogen-bond acceptors (Lipinski definition) is 2. The maximum atomic E-state index is 5.64. The van der Waals surface area contributed by atoms with Gasteiger partial charge in [-0.2, -0.15) is 0 Å². The molecule has 2 atom stereocenters. The van der Waals surface area contributed by atoms with Crippen LogP contribution in [0.4, 0.5) is 0 Å². The van der Waals surface area contributed by atoms with E-state index in [0.29, 0.717) is 12.1 Å². The lowest BCUT2D eigenvalue weighted by molar-refractivity contribution is 0.0333. The van der Waals surface area contributed by atoms with E-state index in [1.54, 1.807) is 0 Å². The molecule has 0 amide bonds. The van der Waals surface area contributed by atoms with Crippen LogP contribution in [0.2, 0.25) is 0 Å². The summed E-state index contributed by atoms with van der Waals surface area (Å²) < 4.78 is 5.44. The third kappa shape index (κ3) is 1.04. The van der Waals surface area contributed by atoms with Gasteiger partial charge in [-0.1, -0.05) is 0 Å². The van der Waals surface area contributed by atoms with Crippen molar-refractivity contribution in [3.63, 3.8) is 0 Å². The zero-order chi connectivity index (χ0) is 6.97. The minimum atomic E-state index is 0.521. The molecule has 2 bridgehead atoms. The molecule has 2 heterocycles. The Morgan fingerprint density at radius 1 is 1.60 bits per heavy atom. The molecule has 10 heavy (non-hydrogen) atoms. The smallest absolute Gasteiger partial charge is 0.0718 e. The Balaban J connectivity index is 1.90. The molecule has 2 rings (SSSR count). The first kappa shape index (κ1) is 6.89. The second-order valence-corrected chi connectivity index (χ2v) is 3.41. The summed E-state index contributed by atoms with van der Waals surface area (Å²) in [6, 6.07) is 0.684. The third-order valence-electron chi connectivity index (χ3n) is 2.39. The number of likely N-dealkylation sites (tertiary alicyclic amines) is 1. The second kappa shape index (κ2) is 2.68. The first-order chi connectivity index (χ1) is 4.90. The summed E-state index contributed by atoms with van der Waals surface area (Å²) in [4.78, 5) is 2.43. The van der Waals surface area contributed by atoms with E-state index >= 15 is 0 Å². The van der Waals surface area contributed by atoms with Crippen molar-refractivity contribution in [3.8, 4) is 0 Å². The number of alkyl halides is 1. The van der Waals surface area contributed by atoms with E-state index in [0.717, 1.165) is 25.6 Å². The largest absolute Gasteiger partial charge is 0.375 e. The van der Waals surface area contributed by atoms with Crippen molar-refractivity contribution >= 4 is 11.6 Å². The van der Waals surface area contributed by atoms with Gasteiger partial charge in [0.05, 0.1) is 12.7 Å². The highest BCUT2D eigenvalue weighted by Crippen LogP contribution is 2.26. The Kier molecular flexibility index (Phi) is 1.85. The molecule has 0 spiro atoms. The molecular weight excluding hydrogens is 150 g/mol. The molecule has 0 aliphatic carbocycles. The Morgan fingerprint density at radius 2 is 2.50 bits per heavy atom. The number of nitrogens with zero attached hydrogens (tertiary/aromatic N) is 1. The van der Waals surface area contributed by atoms with Gasteiger partial charge >= 0.3 is 0 Å². The molecule has 2 aliphatic heterocycles. The first-order valence-corrected chi connectivity index (χ1v) is 4.35. The van der Waals surface area contributed by atoms with Crippen LogP contribution in [0.5, 0.6) is 0 Å². The maximum absolute atomic E-state index is 5.64. The maximum Gasteiger partial charge on any atom is 0.0718 e. The monoisotopic (exact) mass is 161 g/mol. The highest BCUT2D eigenvalue weighted by atomic mass is 35.5. The van der Waals surface area contributed by atoms with Crippen LogP contribution in [-0.4, -0.2) is 42.6 Å². The van der Waals surface area contributed by atoms with Gasteiger partial charge in [-0.25, -0.2) is 0 Å². The van der Waals surface area contributed by atoms with E-state index in [1.807, 2.05) is 0 Å². The quantitative estimate of drug-likeness (QED) is 0.553. The summed E-state index contributed by atoms with van der Waals surface area (Å²) in [6.07, 6.45) is 1.75. The molecule has 0 radical (unpaired) electrons. The van der Waals surface area contributed by atoms with E-state index in [1.165, 1.54) is 6.42 Å². The highest BCUT2D eigenvalue weighted by molar-refractivity contribution is 6.18. The molecule has 58 valence electrons. The van der Waals surface area contributed by atoms with Gasteiger partial charge in [-0.05, 0) is 6.42 Å². The van der Waals surface area contributed by atoms with Crippen molar-refractivity contribution in [1.82, 2.24) is 4.90 Å². The molecule has 0 saturated carbocycles. The van der Waals surface area contributed by atoms with Crippen molar-refractivity contribution in [3.05, 3.63) is 0 Å². The SMILES string of the molecule is ClCCN1C[C@@H]2C[C@H]1CO2. The first-order valence-electron chi connectivity index (χ1n) is 3.82. The lowest BCUT2D eigenvalue weighted by atomic mass is 10.2. The van der Waals surface area contributed by atoms with Gasteiger partial charge < -0.3 is 4.74 Å². The van der Waals surface area contributed by atoms with Crippen LogP contribution in [-0.2, 0) is 4.74 Å². The minimum absolute atomic E-state index is 0.521. The van der Waals surface area contributed by atoms with Gasteiger partial charge in [0, 0.05) is 25.0 Å². The molecule has 0 aromatic heterocycles. The van der Waals surface area contributed by atoms with E-state index in [-0.39, 0.29) is 0 Å². The molecular formula is C7H12ClNO. The van der Waals surface area contributed by atoms with Crippen molar-refractivity contribution in [2.24, 2.45) is 0 Å². The van der Waals surface area contributed by atoms with Gasteiger partial charge in [0.2, 0.25) is 0 Å². The van der Waals surface area contributed by atoms with Gasteiger partial charge in [0.25, 0.3) is 0 Å². The van der Waals surface area contributed by atoms with Crippen LogP contribution in [0, 0.1) is 0 Å². The van der Waals surface area contributed by atoms with Crippen LogP contribution in [0.1, 0.15) is 6.42 Å². The van der Waals surface area contributed by atoms with Crippen LogP contribution < -0.4 is 0 Å².